The number of fused-ring (bicyclic) bond motifs is 1. The summed E-state index contributed by atoms with van der Waals surface area (Å²) in [4.78, 5) is 21.5. The van der Waals surface area contributed by atoms with Gasteiger partial charge in [-0.25, -0.2) is 9.37 Å². The highest BCUT2D eigenvalue weighted by Gasteiger charge is 2.20. The molecule has 0 aliphatic carbocycles. The Morgan fingerprint density at radius 2 is 1.94 bits per heavy atom. The van der Waals surface area contributed by atoms with Crippen LogP contribution in [0.1, 0.15) is 12.0 Å². The third kappa shape index (κ3) is 6.11. The molecule has 164 valence electrons. The van der Waals surface area contributed by atoms with Gasteiger partial charge in [-0.05, 0) is 30.2 Å². The van der Waals surface area contributed by atoms with Crippen molar-refractivity contribution in [1.29, 1.82) is 0 Å². The molecule has 1 aliphatic heterocycles. The van der Waals surface area contributed by atoms with Crippen molar-refractivity contribution in [3.05, 3.63) is 66.0 Å². The molecule has 4 rings (SSSR count). The number of halogens is 2. The molecular formula is C23H25ClFN3O2S. The molecule has 1 saturated heterocycles. The van der Waals surface area contributed by atoms with Gasteiger partial charge in [0.05, 0.1) is 17.9 Å². The van der Waals surface area contributed by atoms with Gasteiger partial charge in [0.2, 0.25) is 0 Å². The van der Waals surface area contributed by atoms with Crippen molar-refractivity contribution in [1.82, 2.24) is 9.88 Å². The molecule has 0 spiro atoms. The summed E-state index contributed by atoms with van der Waals surface area (Å²) in [6.07, 6.45) is 4.17. The molecule has 3 aromatic rings. The van der Waals surface area contributed by atoms with Gasteiger partial charge in [-0.3, -0.25) is 14.6 Å². The molecule has 0 N–H and O–H groups in total. The molecule has 0 atom stereocenters. The Morgan fingerprint density at radius 1 is 1.16 bits per heavy atom. The Bertz CT molecular complexity index is 1020. The van der Waals surface area contributed by atoms with E-state index in [4.69, 9.17) is 4.74 Å². The van der Waals surface area contributed by atoms with E-state index in [1.807, 2.05) is 36.4 Å². The summed E-state index contributed by atoms with van der Waals surface area (Å²) in [5, 5.41) is 0.528. The monoisotopic (exact) mass is 461 g/mol. The minimum absolute atomic E-state index is 0. The lowest BCUT2D eigenvalue weighted by atomic mass is 10.2. The maximum atomic E-state index is 14.1. The van der Waals surface area contributed by atoms with Crippen molar-refractivity contribution < 1.29 is 13.9 Å². The van der Waals surface area contributed by atoms with Crippen molar-refractivity contribution in [3.8, 4) is 0 Å². The number of aromatic nitrogens is 1. The van der Waals surface area contributed by atoms with Crippen molar-refractivity contribution in [2.75, 3.05) is 44.3 Å². The summed E-state index contributed by atoms with van der Waals surface area (Å²) in [5.74, 6) is -0.518. The van der Waals surface area contributed by atoms with Crippen LogP contribution >= 0.6 is 23.7 Å². The van der Waals surface area contributed by atoms with Crippen LogP contribution in [0.3, 0.4) is 0 Å². The summed E-state index contributed by atoms with van der Waals surface area (Å²) in [7, 11) is 0. The molecule has 2 aromatic carbocycles. The summed E-state index contributed by atoms with van der Waals surface area (Å²) in [6.45, 7) is 4.73. The highest BCUT2D eigenvalue weighted by Crippen LogP contribution is 2.30. The first-order chi connectivity index (χ1) is 14.7. The van der Waals surface area contributed by atoms with Gasteiger partial charge < -0.3 is 4.74 Å². The zero-order valence-electron chi connectivity index (χ0n) is 17.1. The highest BCUT2D eigenvalue weighted by atomic mass is 35.5. The lowest BCUT2D eigenvalue weighted by Crippen LogP contribution is -2.39. The molecule has 0 saturated carbocycles. The first-order valence-corrected chi connectivity index (χ1v) is 10.9. The summed E-state index contributed by atoms with van der Waals surface area (Å²) in [5.41, 5.74) is 1.27. The molecule has 31 heavy (non-hydrogen) atoms. The number of carbonyl (C=O) groups is 1. The Labute approximate surface area is 191 Å². The molecule has 5 nitrogen and oxygen atoms in total. The predicted molar refractivity (Wildman–Crippen MR) is 127 cm³/mol. The van der Waals surface area contributed by atoms with Crippen LogP contribution in [-0.4, -0.2) is 55.2 Å². The van der Waals surface area contributed by atoms with E-state index in [1.54, 1.807) is 23.1 Å². The maximum absolute atomic E-state index is 14.1. The van der Waals surface area contributed by atoms with E-state index in [0.717, 1.165) is 49.5 Å². The van der Waals surface area contributed by atoms with Gasteiger partial charge in [-0.2, -0.15) is 0 Å². The zero-order valence-corrected chi connectivity index (χ0v) is 18.7. The first kappa shape index (κ1) is 23.3. The van der Waals surface area contributed by atoms with Gasteiger partial charge in [-0.1, -0.05) is 47.7 Å². The average Bonchev–Trinajstić information content (AvgIpc) is 3.22. The SMILES string of the molecule is Cl.O=C(/C=C/c1ccccc1)N(CCCN1CCOCC1)c1nc2c(F)cccc2s1. The molecule has 0 bridgehead atoms. The van der Waals surface area contributed by atoms with E-state index < -0.39 is 0 Å². The second kappa shape index (κ2) is 11.3. The van der Waals surface area contributed by atoms with Crippen molar-refractivity contribution in [2.24, 2.45) is 0 Å². The van der Waals surface area contributed by atoms with Crippen molar-refractivity contribution in [2.45, 2.75) is 6.42 Å². The Balaban J connectivity index is 0.00000272. The fraction of sp³-hybridized carbons (Fsp3) is 0.304. The molecule has 1 fully saturated rings. The molecule has 8 heteroatoms. The molecule has 0 unspecified atom stereocenters. The first-order valence-electron chi connectivity index (χ1n) is 10.1. The van der Waals surface area contributed by atoms with Crippen LogP contribution in [0.25, 0.3) is 16.3 Å². The minimum atomic E-state index is -0.365. The van der Waals surface area contributed by atoms with Crippen LogP contribution in [0.2, 0.25) is 0 Å². The number of benzene rings is 2. The smallest absolute Gasteiger partial charge is 0.252 e. The zero-order chi connectivity index (χ0) is 20.8. The summed E-state index contributed by atoms with van der Waals surface area (Å²) >= 11 is 1.34. The van der Waals surface area contributed by atoms with E-state index >= 15 is 0 Å². The number of rotatable bonds is 7. The second-order valence-corrected chi connectivity index (χ2v) is 8.13. The van der Waals surface area contributed by atoms with Crippen LogP contribution in [0.4, 0.5) is 9.52 Å². The predicted octanol–water partition coefficient (Wildman–Crippen LogP) is 4.63. The Hall–Kier alpha value is -2.32. The largest absolute Gasteiger partial charge is 0.379 e. The van der Waals surface area contributed by atoms with Crippen molar-refractivity contribution in [3.63, 3.8) is 0 Å². The van der Waals surface area contributed by atoms with Gasteiger partial charge in [0.25, 0.3) is 5.91 Å². The van der Waals surface area contributed by atoms with E-state index in [9.17, 15) is 9.18 Å². The third-order valence-corrected chi connectivity index (χ3v) is 6.08. The van der Waals surface area contributed by atoms with Gasteiger partial charge >= 0.3 is 0 Å². The van der Waals surface area contributed by atoms with Gasteiger partial charge in [0.15, 0.2) is 5.13 Å². The number of para-hydroxylation sites is 1. The van der Waals surface area contributed by atoms with E-state index in [1.165, 1.54) is 17.4 Å². The summed E-state index contributed by atoms with van der Waals surface area (Å²) < 4.78 is 20.3. The maximum Gasteiger partial charge on any atom is 0.252 e. The number of amides is 1. The van der Waals surface area contributed by atoms with Crippen LogP contribution in [0.5, 0.6) is 0 Å². The molecule has 1 amide bonds. The number of ether oxygens (including phenoxy) is 1. The summed E-state index contributed by atoms with van der Waals surface area (Å²) in [6, 6.07) is 14.6. The van der Waals surface area contributed by atoms with Gasteiger partial charge in [-0.15, -0.1) is 12.4 Å². The number of hydrogen-bond acceptors (Lipinski definition) is 5. The second-order valence-electron chi connectivity index (χ2n) is 7.12. The highest BCUT2D eigenvalue weighted by molar-refractivity contribution is 7.22. The Kier molecular flexibility index (Phi) is 8.54. The van der Waals surface area contributed by atoms with Crippen LogP contribution in [0.15, 0.2) is 54.6 Å². The van der Waals surface area contributed by atoms with Crippen LogP contribution in [-0.2, 0) is 9.53 Å². The van der Waals surface area contributed by atoms with Gasteiger partial charge in [0, 0.05) is 32.3 Å². The minimum Gasteiger partial charge on any atom is -0.379 e. The lowest BCUT2D eigenvalue weighted by molar-refractivity contribution is -0.114. The lowest BCUT2D eigenvalue weighted by Gasteiger charge is -2.27. The molecule has 1 aromatic heterocycles. The topological polar surface area (TPSA) is 45.7 Å². The fourth-order valence-corrected chi connectivity index (χ4v) is 4.43. The van der Waals surface area contributed by atoms with Gasteiger partial charge in [0.1, 0.15) is 11.3 Å². The molecule has 2 heterocycles. The number of thiazole rings is 1. The number of anilines is 1. The molecule has 1 aliphatic rings. The van der Waals surface area contributed by atoms with E-state index in [0.29, 0.717) is 17.2 Å². The van der Waals surface area contributed by atoms with Crippen LogP contribution < -0.4 is 4.90 Å². The average molecular weight is 462 g/mol. The standard InChI is InChI=1S/C23H24FN3O2S.ClH/c24-19-8-4-9-20-22(19)25-23(30-20)27(13-5-12-26-14-16-29-17-15-26)21(28)11-10-18-6-2-1-3-7-18;/h1-4,6-11H,5,12-17H2;1H/b11-10+;. The number of nitrogens with zero attached hydrogens (tertiary/aromatic N) is 3. The Morgan fingerprint density at radius 3 is 2.68 bits per heavy atom. The number of morpholine rings is 1. The molecular weight excluding hydrogens is 437 g/mol. The van der Waals surface area contributed by atoms with E-state index in [-0.39, 0.29) is 24.1 Å². The number of hydrogen-bond donors (Lipinski definition) is 0. The van der Waals surface area contributed by atoms with Crippen molar-refractivity contribution >= 4 is 51.1 Å². The van der Waals surface area contributed by atoms with E-state index in [2.05, 4.69) is 9.88 Å². The molecule has 0 radical (unpaired) electrons. The fourth-order valence-electron chi connectivity index (χ4n) is 3.42. The van der Waals surface area contributed by atoms with Crippen LogP contribution in [0, 0.1) is 5.82 Å². The third-order valence-electron chi connectivity index (χ3n) is 5.03. The number of carbonyl (C=O) groups excluding carboxylic acids is 1. The quantitative estimate of drug-likeness (QED) is 0.481. The normalized spacial score (nSPS) is 14.6.